The van der Waals surface area contributed by atoms with Crippen molar-refractivity contribution in [2.75, 3.05) is 13.7 Å². The third kappa shape index (κ3) is 4.06. The summed E-state index contributed by atoms with van der Waals surface area (Å²) in [5.74, 6) is 0. The standard InChI is InChI=1S/C21H25NO5/c1-24-21-17(22-12-14-8-4-2-5-9-14)18(23)19-16(26-21)13-25-20(27-19)15-10-6-3-7-11-15/h2-11,16-23H,12-13H2,1H3/t16-,17-,18-,19-,20+,21+/m1/s1. The molecule has 0 bridgehead atoms. The van der Waals surface area contributed by atoms with E-state index in [2.05, 4.69) is 5.32 Å². The molecular weight excluding hydrogens is 346 g/mol. The van der Waals surface area contributed by atoms with E-state index in [4.69, 9.17) is 18.9 Å². The summed E-state index contributed by atoms with van der Waals surface area (Å²) in [6.45, 7) is 0.939. The fourth-order valence-electron chi connectivity index (χ4n) is 3.62. The average molecular weight is 371 g/mol. The molecule has 2 fully saturated rings. The van der Waals surface area contributed by atoms with Crippen LogP contribution in [-0.2, 0) is 25.5 Å². The molecule has 0 radical (unpaired) electrons. The monoisotopic (exact) mass is 371 g/mol. The van der Waals surface area contributed by atoms with Crippen molar-refractivity contribution < 1.29 is 24.1 Å². The van der Waals surface area contributed by atoms with Gasteiger partial charge in [-0.25, -0.2) is 0 Å². The number of hydrogen-bond acceptors (Lipinski definition) is 6. The summed E-state index contributed by atoms with van der Waals surface area (Å²) in [5, 5.41) is 14.4. The molecule has 0 aliphatic carbocycles. The number of nitrogens with one attached hydrogen (secondary N) is 1. The maximum atomic E-state index is 11.0. The Balaban J connectivity index is 1.46. The SMILES string of the molecule is CO[C@H]1O[C@@H]2CO[C@H](c3ccccc3)O[C@H]2[C@H](O)[C@H]1NCc1ccccc1. The van der Waals surface area contributed by atoms with Gasteiger partial charge in [0.25, 0.3) is 0 Å². The molecule has 4 rings (SSSR count). The third-order valence-electron chi connectivity index (χ3n) is 5.05. The van der Waals surface area contributed by atoms with Crippen LogP contribution in [0, 0.1) is 0 Å². The average Bonchev–Trinajstić information content (AvgIpc) is 2.74. The molecule has 27 heavy (non-hydrogen) atoms. The zero-order valence-corrected chi connectivity index (χ0v) is 15.2. The van der Waals surface area contributed by atoms with E-state index in [1.165, 1.54) is 0 Å². The lowest BCUT2D eigenvalue weighted by molar-refractivity contribution is -0.341. The molecule has 6 heteroatoms. The largest absolute Gasteiger partial charge is 0.388 e. The van der Waals surface area contributed by atoms with Crippen LogP contribution in [0.15, 0.2) is 60.7 Å². The number of rotatable bonds is 5. The number of benzene rings is 2. The van der Waals surface area contributed by atoms with Crippen molar-refractivity contribution in [3.8, 4) is 0 Å². The Labute approximate surface area is 159 Å². The van der Waals surface area contributed by atoms with Gasteiger partial charge in [0.2, 0.25) is 0 Å². The minimum atomic E-state index is -0.785. The van der Waals surface area contributed by atoms with Crippen LogP contribution in [0.5, 0.6) is 0 Å². The molecule has 2 aliphatic heterocycles. The van der Waals surface area contributed by atoms with Gasteiger partial charge in [-0.15, -0.1) is 0 Å². The molecule has 6 nitrogen and oxygen atoms in total. The highest BCUT2D eigenvalue weighted by atomic mass is 16.7. The summed E-state index contributed by atoms with van der Waals surface area (Å²) in [6, 6.07) is 19.3. The Morgan fingerprint density at radius 1 is 1.04 bits per heavy atom. The molecule has 6 atom stereocenters. The van der Waals surface area contributed by atoms with Crippen molar-refractivity contribution in [1.29, 1.82) is 0 Å². The smallest absolute Gasteiger partial charge is 0.184 e. The Hall–Kier alpha value is -1.80. The van der Waals surface area contributed by atoms with Gasteiger partial charge < -0.3 is 29.4 Å². The van der Waals surface area contributed by atoms with E-state index in [1.54, 1.807) is 7.11 Å². The van der Waals surface area contributed by atoms with Gasteiger partial charge in [0.05, 0.1) is 12.6 Å². The minimum Gasteiger partial charge on any atom is -0.388 e. The Morgan fingerprint density at radius 2 is 1.74 bits per heavy atom. The van der Waals surface area contributed by atoms with Crippen LogP contribution >= 0.6 is 0 Å². The highest BCUT2D eigenvalue weighted by Gasteiger charge is 2.49. The fourth-order valence-corrected chi connectivity index (χ4v) is 3.62. The number of methoxy groups -OCH3 is 1. The predicted octanol–water partition coefficient (Wildman–Crippen LogP) is 1.99. The van der Waals surface area contributed by atoms with Gasteiger partial charge in [-0.05, 0) is 5.56 Å². The molecule has 144 valence electrons. The van der Waals surface area contributed by atoms with Crippen LogP contribution in [-0.4, -0.2) is 49.5 Å². The summed E-state index contributed by atoms with van der Waals surface area (Å²) < 4.78 is 23.3. The van der Waals surface area contributed by atoms with Gasteiger partial charge in [-0.2, -0.15) is 0 Å². The highest BCUT2D eigenvalue weighted by Crippen LogP contribution is 2.34. The van der Waals surface area contributed by atoms with Gasteiger partial charge >= 0.3 is 0 Å². The first kappa shape index (κ1) is 18.6. The molecule has 2 saturated heterocycles. The fraction of sp³-hybridized carbons (Fsp3) is 0.429. The van der Waals surface area contributed by atoms with E-state index in [9.17, 15) is 5.11 Å². The van der Waals surface area contributed by atoms with E-state index in [0.717, 1.165) is 11.1 Å². The van der Waals surface area contributed by atoms with Crippen molar-refractivity contribution in [1.82, 2.24) is 5.32 Å². The summed E-state index contributed by atoms with van der Waals surface area (Å²) in [7, 11) is 1.58. The lowest BCUT2D eigenvalue weighted by Gasteiger charge is -2.47. The van der Waals surface area contributed by atoms with Crippen LogP contribution in [0.4, 0.5) is 0 Å². The van der Waals surface area contributed by atoms with Crippen LogP contribution in [0.3, 0.4) is 0 Å². The van der Waals surface area contributed by atoms with Crippen LogP contribution < -0.4 is 5.32 Å². The lowest BCUT2D eigenvalue weighted by Crippen LogP contribution is -2.65. The summed E-state index contributed by atoms with van der Waals surface area (Å²) >= 11 is 0. The molecule has 2 aromatic rings. The topological polar surface area (TPSA) is 69.2 Å². The van der Waals surface area contributed by atoms with E-state index in [0.29, 0.717) is 13.2 Å². The zero-order valence-electron chi connectivity index (χ0n) is 15.2. The molecule has 0 amide bonds. The van der Waals surface area contributed by atoms with Crippen molar-refractivity contribution in [2.24, 2.45) is 0 Å². The van der Waals surface area contributed by atoms with Gasteiger partial charge in [0.1, 0.15) is 18.3 Å². The summed E-state index contributed by atoms with van der Waals surface area (Å²) in [6.07, 6.45) is -2.75. The molecule has 0 saturated carbocycles. The van der Waals surface area contributed by atoms with E-state index in [-0.39, 0.29) is 6.10 Å². The normalized spacial score (nSPS) is 33.4. The molecule has 2 heterocycles. The van der Waals surface area contributed by atoms with Gasteiger partial charge in [-0.1, -0.05) is 60.7 Å². The molecule has 2 aromatic carbocycles. The lowest BCUT2D eigenvalue weighted by atomic mass is 9.95. The number of hydrogen-bond donors (Lipinski definition) is 2. The molecule has 0 spiro atoms. The molecule has 0 aromatic heterocycles. The highest BCUT2D eigenvalue weighted by molar-refractivity contribution is 5.17. The van der Waals surface area contributed by atoms with Gasteiger partial charge in [-0.3, -0.25) is 0 Å². The molecule has 2 N–H and O–H groups in total. The van der Waals surface area contributed by atoms with E-state index < -0.39 is 30.8 Å². The number of aliphatic hydroxyl groups excluding tert-OH is 1. The quantitative estimate of drug-likeness (QED) is 0.838. The minimum absolute atomic E-state index is 0.340. The second-order valence-corrected chi connectivity index (χ2v) is 6.84. The first-order valence-corrected chi connectivity index (χ1v) is 9.22. The maximum absolute atomic E-state index is 11.0. The van der Waals surface area contributed by atoms with Gasteiger partial charge in [0, 0.05) is 19.2 Å². The Morgan fingerprint density at radius 3 is 2.44 bits per heavy atom. The molecule has 2 aliphatic rings. The van der Waals surface area contributed by atoms with E-state index >= 15 is 0 Å². The maximum Gasteiger partial charge on any atom is 0.184 e. The van der Waals surface area contributed by atoms with Crippen molar-refractivity contribution in [3.63, 3.8) is 0 Å². The predicted molar refractivity (Wildman–Crippen MR) is 98.8 cm³/mol. The zero-order chi connectivity index (χ0) is 18.6. The number of ether oxygens (including phenoxy) is 4. The Bertz CT molecular complexity index is 707. The number of aliphatic hydroxyl groups is 1. The second-order valence-electron chi connectivity index (χ2n) is 6.84. The van der Waals surface area contributed by atoms with Crippen molar-refractivity contribution in [2.45, 2.75) is 43.5 Å². The summed E-state index contributed by atoms with van der Waals surface area (Å²) in [4.78, 5) is 0. The number of fused-ring (bicyclic) bond motifs is 1. The van der Waals surface area contributed by atoms with Crippen molar-refractivity contribution in [3.05, 3.63) is 71.8 Å². The molecule has 0 unspecified atom stereocenters. The van der Waals surface area contributed by atoms with Crippen molar-refractivity contribution >= 4 is 0 Å². The van der Waals surface area contributed by atoms with Crippen LogP contribution in [0.1, 0.15) is 17.4 Å². The van der Waals surface area contributed by atoms with Crippen LogP contribution in [0.2, 0.25) is 0 Å². The second kappa shape index (κ2) is 8.48. The van der Waals surface area contributed by atoms with Crippen LogP contribution in [0.25, 0.3) is 0 Å². The van der Waals surface area contributed by atoms with Gasteiger partial charge in [0.15, 0.2) is 12.6 Å². The summed E-state index contributed by atoms with van der Waals surface area (Å²) in [5.41, 5.74) is 2.04. The first-order chi connectivity index (χ1) is 13.3. The third-order valence-corrected chi connectivity index (χ3v) is 5.05. The first-order valence-electron chi connectivity index (χ1n) is 9.22. The van der Waals surface area contributed by atoms with E-state index in [1.807, 2.05) is 60.7 Å². The Kier molecular flexibility index (Phi) is 5.83. The molecular formula is C21H25NO5.